The summed E-state index contributed by atoms with van der Waals surface area (Å²) in [6.07, 6.45) is -1.06. The Bertz CT molecular complexity index is 808. The summed E-state index contributed by atoms with van der Waals surface area (Å²) in [6.45, 7) is -0.0842. The fourth-order valence-corrected chi connectivity index (χ4v) is 2.79. The van der Waals surface area contributed by atoms with Gasteiger partial charge in [0.15, 0.2) is 0 Å². The van der Waals surface area contributed by atoms with Crippen LogP contribution < -0.4 is 10.6 Å². The Hall–Kier alpha value is -2.80. The summed E-state index contributed by atoms with van der Waals surface area (Å²) >= 11 is 0. The number of nitrogens with one attached hydrogen (secondary N) is 2. The molecule has 130 valence electrons. The van der Waals surface area contributed by atoms with Crippen molar-refractivity contribution in [3.05, 3.63) is 65.2 Å². The molecule has 1 heterocycles. The number of hydrogen-bond donors (Lipinski definition) is 3. The molecule has 0 fully saturated rings. The van der Waals surface area contributed by atoms with E-state index in [2.05, 4.69) is 10.6 Å². The molecule has 2 unspecified atom stereocenters. The van der Waals surface area contributed by atoms with Crippen molar-refractivity contribution in [1.29, 1.82) is 0 Å². The first-order valence-electron chi connectivity index (χ1n) is 7.74. The van der Waals surface area contributed by atoms with Crippen LogP contribution in [0.15, 0.2) is 42.5 Å². The number of amides is 2. The summed E-state index contributed by atoms with van der Waals surface area (Å²) in [6, 6.07) is 9.15. The predicted molar refractivity (Wildman–Crippen MR) is 86.8 cm³/mol. The second-order valence-electron chi connectivity index (χ2n) is 5.85. The van der Waals surface area contributed by atoms with Gasteiger partial charge in [0.25, 0.3) is 0 Å². The second kappa shape index (κ2) is 6.98. The lowest BCUT2D eigenvalue weighted by atomic mass is 9.89. The van der Waals surface area contributed by atoms with E-state index in [1.807, 2.05) is 0 Å². The summed E-state index contributed by atoms with van der Waals surface area (Å²) in [5.74, 6) is -2.50. The van der Waals surface area contributed by atoms with Gasteiger partial charge in [-0.15, -0.1) is 0 Å². The van der Waals surface area contributed by atoms with Gasteiger partial charge >= 0.3 is 0 Å². The van der Waals surface area contributed by atoms with E-state index < -0.39 is 29.6 Å². The van der Waals surface area contributed by atoms with Crippen molar-refractivity contribution >= 4 is 17.5 Å². The van der Waals surface area contributed by atoms with Gasteiger partial charge in [-0.25, -0.2) is 8.78 Å². The van der Waals surface area contributed by atoms with E-state index in [0.29, 0.717) is 11.1 Å². The molecule has 7 heteroatoms. The molecule has 0 saturated carbocycles. The average molecular weight is 346 g/mol. The number of benzene rings is 2. The van der Waals surface area contributed by atoms with Crippen LogP contribution in [-0.2, 0) is 9.59 Å². The molecule has 3 rings (SSSR count). The fourth-order valence-electron chi connectivity index (χ4n) is 2.79. The zero-order chi connectivity index (χ0) is 18.0. The van der Waals surface area contributed by atoms with Gasteiger partial charge in [0.1, 0.15) is 11.6 Å². The lowest BCUT2D eigenvalue weighted by Gasteiger charge is -2.25. The normalized spacial score (nSPS) is 17.4. The van der Waals surface area contributed by atoms with Crippen LogP contribution in [0.5, 0.6) is 0 Å². The van der Waals surface area contributed by atoms with Gasteiger partial charge in [-0.3, -0.25) is 9.59 Å². The Balaban J connectivity index is 1.69. The molecule has 0 saturated heterocycles. The topological polar surface area (TPSA) is 78.4 Å². The molecule has 0 radical (unpaired) electrons. The molecule has 0 aromatic heterocycles. The average Bonchev–Trinajstić information content (AvgIpc) is 2.58. The van der Waals surface area contributed by atoms with Gasteiger partial charge in [-0.05, 0) is 35.4 Å². The van der Waals surface area contributed by atoms with Crippen molar-refractivity contribution in [2.75, 3.05) is 11.9 Å². The highest BCUT2D eigenvalue weighted by Crippen LogP contribution is 2.32. The van der Waals surface area contributed by atoms with Crippen LogP contribution in [0.4, 0.5) is 14.5 Å². The second-order valence-corrected chi connectivity index (χ2v) is 5.85. The first-order chi connectivity index (χ1) is 11.9. The zero-order valence-corrected chi connectivity index (χ0v) is 13.1. The van der Waals surface area contributed by atoms with Gasteiger partial charge in [0.05, 0.1) is 12.0 Å². The number of fused-ring (bicyclic) bond motifs is 1. The summed E-state index contributed by atoms with van der Waals surface area (Å²) in [7, 11) is 0. The molecule has 5 nitrogen and oxygen atoms in total. The fraction of sp³-hybridized carbons (Fsp3) is 0.222. The molecule has 0 bridgehead atoms. The molecule has 25 heavy (non-hydrogen) atoms. The molecular weight excluding hydrogens is 330 g/mol. The first kappa shape index (κ1) is 17.0. The Labute approximate surface area is 142 Å². The van der Waals surface area contributed by atoms with Crippen LogP contribution in [0.1, 0.15) is 29.6 Å². The number of aliphatic hydroxyl groups excluding tert-OH is 1. The van der Waals surface area contributed by atoms with Crippen molar-refractivity contribution in [3.63, 3.8) is 0 Å². The van der Waals surface area contributed by atoms with Crippen molar-refractivity contribution < 1.29 is 23.5 Å². The predicted octanol–water partition coefficient (Wildman–Crippen LogP) is 2.24. The van der Waals surface area contributed by atoms with E-state index in [0.717, 1.165) is 0 Å². The number of anilines is 1. The van der Waals surface area contributed by atoms with E-state index in [4.69, 9.17) is 0 Å². The quantitative estimate of drug-likeness (QED) is 0.794. The maximum Gasteiger partial charge on any atom is 0.228 e. The Morgan fingerprint density at radius 3 is 2.60 bits per heavy atom. The number of carbonyl (C=O) groups is 2. The van der Waals surface area contributed by atoms with Crippen LogP contribution in [0, 0.1) is 11.6 Å². The van der Waals surface area contributed by atoms with E-state index in [-0.39, 0.29) is 24.6 Å². The van der Waals surface area contributed by atoms with Gasteiger partial charge in [0.2, 0.25) is 11.8 Å². The highest BCUT2D eigenvalue weighted by Gasteiger charge is 2.31. The van der Waals surface area contributed by atoms with Gasteiger partial charge in [0, 0.05) is 18.7 Å². The Morgan fingerprint density at radius 1 is 1.20 bits per heavy atom. The molecule has 1 aliphatic heterocycles. The van der Waals surface area contributed by atoms with Crippen LogP contribution in [-0.4, -0.2) is 23.5 Å². The summed E-state index contributed by atoms with van der Waals surface area (Å²) in [5.41, 5.74) is 1.26. The van der Waals surface area contributed by atoms with Crippen LogP contribution >= 0.6 is 0 Å². The van der Waals surface area contributed by atoms with Gasteiger partial charge < -0.3 is 15.7 Å². The lowest BCUT2D eigenvalue weighted by molar-refractivity contribution is -0.126. The molecule has 1 aliphatic rings. The van der Waals surface area contributed by atoms with E-state index in [1.165, 1.54) is 42.5 Å². The minimum absolute atomic E-state index is 0.0584. The van der Waals surface area contributed by atoms with Crippen molar-refractivity contribution in [2.45, 2.75) is 18.4 Å². The SMILES string of the molecule is O=C1CC(C(=O)NCC(O)c2ccc(F)cc2)c2ccc(F)cc2N1. The zero-order valence-electron chi connectivity index (χ0n) is 13.1. The first-order valence-corrected chi connectivity index (χ1v) is 7.74. The molecular formula is C18H16F2N2O3. The summed E-state index contributed by atoms with van der Waals surface area (Å²) < 4.78 is 26.2. The third kappa shape index (κ3) is 3.83. The third-order valence-electron chi connectivity index (χ3n) is 4.10. The molecule has 0 spiro atoms. The Morgan fingerprint density at radius 2 is 1.88 bits per heavy atom. The minimum atomic E-state index is -1.00. The summed E-state index contributed by atoms with van der Waals surface area (Å²) in [5, 5.41) is 15.2. The number of carbonyl (C=O) groups excluding carboxylic acids is 2. The van der Waals surface area contributed by atoms with E-state index >= 15 is 0 Å². The largest absolute Gasteiger partial charge is 0.387 e. The molecule has 2 aromatic carbocycles. The van der Waals surface area contributed by atoms with Gasteiger partial charge in [-0.1, -0.05) is 18.2 Å². The molecule has 3 N–H and O–H groups in total. The lowest BCUT2D eigenvalue weighted by Crippen LogP contribution is -2.37. The molecule has 0 aliphatic carbocycles. The van der Waals surface area contributed by atoms with Crippen molar-refractivity contribution in [3.8, 4) is 0 Å². The number of hydrogen-bond acceptors (Lipinski definition) is 3. The molecule has 2 atom stereocenters. The number of rotatable bonds is 4. The van der Waals surface area contributed by atoms with Crippen LogP contribution in [0.2, 0.25) is 0 Å². The minimum Gasteiger partial charge on any atom is -0.387 e. The Kier molecular flexibility index (Phi) is 4.76. The van der Waals surface area contributed by atoms with E-state index in [9.17, 15) is 23.5 Å². The summed E-state index contributed by atoms with van der Waals surface area (Å²) in [4.78, 5) is 24.2. The third-order valence-corrected chi connectivity index (χ3v) is 4.10. The number of aliphatic hydroxyl groups is 1. The smallest absolute Gasteiger partial charge is 0.228 e. The number of halogens is 2. The maximum atomic E-state index is 13.3. The molecule has 2 amide bonds. The highest BCUT2D eigenvalue weighted by molar-refractivity contribution is 6.01. The van der Waals surface area contributed by atoms with E-state index in [1.54, 1.807) is 0 Å². The van der Waals surface area contributed by atoms with Crippen LogP contribution in [0.3, 0.4) is 0 Å². The van der Waals surface area contributed by atoms with Gasteiger partial charge in [-0.2, -0.15) is 0 Å². The van der Waals surface area contributed by atoms with Crippen molar-refractivity contribution in [1.82, 2.24) is 5.32 Å². The standard InChI is InChI=1S/C18H16F2N2O3/c19-11-3-1-10(2-4-11)16(23)9-21-18(25)14-8-17(24)22-15-7-12(20)5-6-13(14)15/h1-7,14,16,23H,8-9H2,(H,21,25)(H,22,24). The van der Waals surface area contributed by atoms with Crippen LogP contribution in [0.25, 0.3) is 0 Å². The highest BCUT2D eigenvalue weighted by atomic mass is 19.1. The maximum absolute atomic E-state index is 13.3. The molecule has 2 aromatic rings. The van der Waals surface area contributed by atoms with Crippen molar-refractivity contribution in [2.24, 2.45) is 0 Å². The monoisotopic (exact) mass is 346 g/mol.